The van der Waals surface area contributed by atoms with Gasteiger partial charge >= 0.3 is 5.97 Å². The number of thioether (sulfide) groups is 1. The highest BCUT2D eigenvalue weighted by Gasteiger charge is 2.33. The number of aromatic carboxylic acids is 1. The summed E-state index contributed by atoms with van der Waals surface area (Å²) in [6, 6.07) is 7.02. The number of benzene rings is 1. The number of hydrogen-bond acceptors (Lipinski definition) is 6. The molecule has 0 saturated carbocycles. The van der Waals surface area contributed by atoms with Crippen LogP contribution in [0, 0.1) is 0 Å². The second-order valence-corrected chi connectivity index (χ2v) is 6.19. The number of carboxylic acid groups (broad SMARTS) is 1. The number of nitrogens with zero attached hydrogens (tertiary/aromatic N) is 1. The molecule has 1 saturated heterocycles. The highest BCUT2D eigenvalue weighted by Crippen LogP contribution is 2.37. The fourth-order valence-electron chi connectivity index (χ4n) is 2.02. The Kier molecular flexibility index (Phi) is 3.93. The van der Waals surface area contributed by atoms with Crippen molar-refractivity contribution in [3.63, 3.8) is 0 Å². The first-order valence-electron chi connectivity index (χ1n) is 6.33. The third-order valence-corrected chi connectivity index (χ3v) is 4.37. The summed E-state index contributed by atoms with van der Waals surface area (Å²) in [5, 5.41) is 20.7. The van der Waals surface area contributed by atoms with E-state index in [2.05, 4.69) is 0 Å². The molecule has 8 heteroatoms. The Morgan fingerprint density at radius 2 is 2.17 bits per heavy atom. The molecule has 1 fully saturated rings. The maximum atomic E-state index is 12.5. The molecule has 2 heterocycles. The number of carboxylic acids is 1. The molecule has 116 valence electrons. The Morgan fingerprint density at radius 1 is 1.39 bits per heavy atom. The second kappa shape index (κ2) is 5.90. The molecular formula is C15H8NO5S2-. The van der Waals surface area contributed by atoms with Gasteiger partial charge in [-0.05, 0) is 30.3 Å². The summed E-state index contributed by atoms with van der Waals surface area (Å²) < 4.78 is 5.42. The zero-order valence-electron chi connectivity index (χ0n) is 11.4. The standard InChI is InChI=1S/C15H9NO5S2/c17-11-6-8(3-4-10(11)14(19)20)16-13(18)12(23-15(16)22)7-9-2-1-5-21-9/h1-7,17H,(H,19,20)/p-1/b12-7+. The Labute approximate surface area is 140 Å². The van der Waals surface area contributed by atoms with Crippen molar-refractivity contribution in [2.45, 2.75) is 0 Å². The van der Waals surface area contributed by atoms with Crippen LogP contribution in [0.2, 0.25) is 0 Å². The Morgan fingerprint density at radius 3 is 2.78 bits per heavy atom. The SMILES string of the molecule is O=C(O)c1ccc(N2C(=O)/C(=C\c3ccco3)SC2=S)cc1[O-]. The molecule has 1 N–H and O–H groups in total. The maximum absolute atomic E-state index is 12.5. The number of thiocarbonyl (C=S) groups is 1. The average Bonchev–Trinajstić information content (AvgIpc) is 3.08. The molecule has 0 aliphatic carbocycles. The van der Waals surface area contributed by atoms with Crippen LogP contribution in [0.25, 0.3) is 6.08 Å². The minimum atomic E-state index is -1.32. The molecule has 0 bridgehead atoms. The molecule has 1 aromatic heterocycles. The number of carbonyl (C=O) groups is 2. The van der Waals surface area contributed by atoms with E-state index in [1.54, 1.807) is 18.2 Å². The van der Waals surface area contributed by atoms with E-state index in [0.29, 0.717) is 10.7 Å². The molecule has 0 radical (unpaired) electrons. The van der Waals surface area contributed by atoms with Gasteiger partial charge in [0.05, 0.1) is 22.4 Å². The van der Waals surface area contributed by atoms with Crippen LogP contribution >= 0.6 is 24.0 Å². The summed E-state index contributed by atoms with van der Waals surface area (Å²) >= 11 is 6.26. The summed E-state index contributed by atoms with van der Waals surface area (Å²) in [5.41, 5.74) is -0.115. The van der Waals surface area contributed by atoms with Gasteiger partial charge in [0.25, 0.3) is 5.91 Å². The minimum Gasteiger partial charge on any atom is -0.872 e. The van der Waals surface area contributed by atoms with Gasteiger partial charge in [0.15, 0.2) is 4.32 Å². The molecule has 3 rings (SSSR count). The maximum Gasteiger partial charge on any atom is 0.335 e. The van der Waals surface area contributed by atoms with Crippen LogP contribution in [0.15, 0.2) is 45.9 Å². The lowest BCUT2D eigenvalue weighted by atomic mass is 10.1. The third-order valence-electron chi connectivity index (χ3n) is 3.06. The number of carbonyl (C=O) groups excluding carboxylic acids is 1. The van der Waals surface area contributed by atoms with Crippen molar-refractivity contribution in [3.05, 3.63) is 52.8 Å². The highest BCUT2D eigenvalue weighted by molar-refractivity contribution is 8.27. The fraction of sp³-hybridized carbons (Fsp3) is 0. The van der Waals surface area contributed by atoms with Crippen molar-refractivity contribution in [1.29, 1.82) is 0 Å². The van der Waals surface area contributed by atoms with Crippen molar-refractivity contribution in [3.8, 4) is 5.75 Å². The Balaban J connectivity index is 1.95. The monoisotopic (exact) mass is 346 g/mol. The second-order valence-electron chi connectivity index (χ2n) is 4.52. The molecule has 1 aromatic carbocycles. The van der Waals surface area contributed by atoms with Gasteiger partial charge in [0.1, 0.15) is 5.76 Å². The van der Waals surface area contributed by atoms with E-state index in [9.17, 15) is 14.7 Å². The van der Waals surface area contributed by atoms with E-state index >= 15 is 0 Å². The zero-order chi connectivity index (χ0) is 16.6. The molecule has 1 amide bonds. The van der Waals surface area contributed by atoms with E-state index in [1.807, 2.05) is 0 Å². The summed E-state index contributed by atoms with van der Waals surface area (Å²) in [6.07, 6.45) is 3.05. The van der Waals surface area contributed by atoms with Crippen molar-refractivity contribution in [2.24, 2.45) is 0 Å². The Hall–Kier alpha value is -2.58. The molecule has 23 heavy (non-hydrogen) atoms. The number of anilines is 1. The normalized spacial score (nSPS) is 16.3. The molecule has 0 unspecified atom stereocenters. The topological polar surface area (TPSA) is 93.8 Å². The molecular weight excluding hydrogens is 338 g/mol. The van der Waals surface area contributed by atoms with Crippen LogP contribution in [0.4, 0.5) is 5.69 Å². The van der Waals surface area contributed by atoms with Crippen molar-refractivity contribution < 1.29 is 24.2 Å². The fourth-order valence-corrected chi connectivity index (χ4v) is 3.30. The van der Waals surface area contributed by atoms with Gasteiger partial charge in [-0.25, -0.2) is 4.79 Å². The van der Waals surface area contributed by atoms with Crippen LogP contribution in [0.1, 0.15) is 16.1 Å². The predicted molar refractivity (Wildman–Crippen MR) is 87.2 cm³/mol. The summed E-state index contributed by atoms with van der Waals surface area (Å²) in [4.78, 5) is 24.9. The molecule has 2 aromatic rings. The largest absolute Gasteiger partial charge is 0.872 e. The van der Waals surface area contributed by atoms with Gasteiger partial charge in [0, 0.05) is 6.08 Å². The molecule has 0 spiro atoms. The first-order valence-corrected chi connectivity index (χ1v) is 7.55. The number of hydrogen-bond donors (Lipinski definition) is 1. The van der Waals surface area contributed by atoms with E-state index in [1.165, 1.54) is 17.2 Å². The lowest BCUT2D eigenvalue weighted by Crippen LogP contribution is -2.27. The van der Waals surface area contributed by atoms with E-state index < -0.39 is 11.7 Å². The minimum absolute atomic E-state index is 0.241. The van der Waals surface area contributed by atoms with Crippen LogP contribution in [0.5, 0.6) is 5.75 Å². The third kappa shape index (κ3) is 2.86. The van der Waals surface area contributed by atoms with Crippen molar-refractivity contribution >= 4 is 51.9 Å². The summed E-state index contributed by atoms with van der Waals surface area (Å²) in [7, 11) is 0. The smallest absolute Gasteiger partial charge is 0.335 e. The van der Waals surface area contributed by atoms with Crippen LogP contribution in [-0.4, -0.2) is 21.3 Å². The van der Waals surface area contributed by atoms with Crippen molar-refractivity contribution in [1.82, 2.24) is 0 Å². The number of furan rings is 1. The lowest BCUT2D eigenvalue weighted by Gasteiger charge is -2.18. The first kappa shape index (κ1) is 15.3. The molecule has 6 nitrogen and oxygen atoms in total. The van der Waals surface area contributed by atoms with Gasteiger partial charge in [-0.1, -0.05) is 29.7 Å². The molecule has 0 atom stereocenters. The van der Waals surface area contributed by atoms with Crippen LogP contribution in [0.3, 0.4) is 0 Å². The van der Waals surface area contributed by atoms with Gasteiger partial charge in [0.2, 0.25) is 0 Å². The van der Waals surface area contributed by atoms with Crippen LogP contribution in [-0.2, 0) is 4.79 Å². The van der Waals surface area contributed by atoms with E-state index in [4.69, 9.17) is 21.7 Å². The highest BCUT2D eigenvalue weighted by atomic mass is 32.2. The summed E-state index contributed by atoms with van der Waals surface area (Å²) in [6.45, 7) is 0. The van der Waals surface area contributed by atoms with Gasteiger partial charge in [-0.15, -0.1) is 0 Å². The van der Waals surface area contributed by atoms with Gasteiger partial charge in [-0.2, -0.15) is 0 Å². The quantitative estimate of drug-likeness (QED) is 0.674. The van der Waals surface area contributed by atoms with Crippen LogP contribution < -0.4 is 10.0 Å². The lowest BCUT2D eigenvalue weighted by molar-refractivity contribution is -0.268. The van der Waals surface area contributed by atoms with Gasteiger partial charge < -0.3 is 14.6 Å². The van der Waals surface area contributed by atoms with Crippen molar-refractivity contribution in [2.75, 3.05) is 4.90 Å². The van der Waals surface area contributed by atoms with Gasteiger partial charge in [-0.3, -0.25) is 9.69 Å². The molecule has 1 aliphatic heterocycles. The zero-order valence-corrected chi connectivity index (χ0v) is 13.0. The number of amides is 1. The average molecular weight is 346 g/mol. The summed E-state index contributed by atoms with van der Waals surface area (Å²) in [5.74, 6) is -1.88. The van der Waals surface area contributed by atoms with E-state index in [0.717, 1.165) is 23.9 Å². The number of rotatable bonds is 3. The molecule has 1 aliphatic rings. The Bertz CT molecular complexity index is 842. The predicted octanol–water partition coefficient (Wildman–Crippen LogP) is 2.46. The first-order chi connectivity index (χ1) is 11.0. The van der Waals surface area contributed by atoms with E-state index in [-0.39, 0.29) is 21.5 Å².